The summed E-state index contributed by atoms with van der Waals surface area (Å²) < 4.78 is 2.54. The van der Waals surface area contributed by atoms with E-state index < -0.39 is 0 Å². The zero-order valence-corrected chi connectivity index (χ0v) is 38.0. The van der Waals surface area contributed by atoms with E-state index in [0.29, 0.717) is 0 Å². The van der Waals surface area contributed by atoms with E-state index in [-0.39, 0.29) is 32.5 Å². The Kier molecular flexibility index (Phi) is 7.49. The number of rotatable bonds is 4. The van der Waals surface area contributed by atoms with Crippen LogP contribution in [0.2, 0.25) is 0 Å². The molecule has 4 aromatic heterocycles. The maximum Gasteiger partial charge on any atom is 0.0728 e. The van der Waals surface area contributed by atoms with E-state index in [0.717, 1.165) is 0 Å². The van der Waals surface area contributed by atoms with E-state index in [4.69, 9.17) is 9.97 Å². The number of nitrogens with zero attached hydrogens (tertiary/aromatic N) is 3. The predicted molar refractivity (Wildman–Crippen MR) is 258 cm³/mol. The van der Waals surface area contributed by atoms with E-state index in [1.807, 2.05) is 0 Å². The topological polar surface area (TPSA) is 30.2 Å². The van der Waals surface area contributed by atoms with Gasteiger partial charge in [-0.3, -0.25) is 9.97 Å². The Hall–Kier alpha value is -5.80. The Labute approximate surface area is 361 Å². The minimum absolute atomic E-state index is 0.0434. The maximum atomic E-state index is 5.46. The molecule has 2 aliphatic rings. The standard InChI is InChI=1S/C58H57N3/c1-53(2)48-46-41-30-38(45-39(35-24-18-14-19-25-35)28-37(34-22-16-13-17-23-34)29-40(45)36-26-20-15-21-27-36)31-42-47-44(33-60-52-49(47)54(3,4)58(11,12)56(52,7)8)61(50(41)42)43(46)32-59-51(48)55(5,6)57(53,9)10/h13-33H,1-12H3. The normalized spacial score (nSPS) is 19.0. The third-order valence-electron chi connectivity index (χ3n) is 17.9. The maximum absolute atomic E-state index is 5.46. The lowest BCUT2D eigenvalue weighted by Gasteiger charge is -2.44. The quantitative estimate of drug-likeness (QED) is 0.178. The fraction of sp³-hybridized carbons (Fsp3) is 0.310. The molecule has 0 bridgehead atoms. The van der Waals surface area contributed by atoms with Crippen molar-refractivity contribution in [3.05, 3.63) is 150 Å². The lowest BCUT2D eigenvalue weighted by molar-refractivity contribution is 0.124. The molecule has 2 aliphatic carbocycles. The van der Waals surface area contributed by atoms with Crippen LogP contribution in [-0.2, 0) is 21.7 Å². The molecule has 0 saturated carbocycles. The number of benzene rings is 5. The van der Waals surface area contributed by atoms with Gasteiger partial charge in [0.15, 0.2) is 0 Å². The summed E-state index contributed by atoms with van der Waals surface area (Å²) in [6.07, 6.45) is 4.38. The summed E-state index contributed by atoms with van der Waals surface area (Å²) in [6.45, 7) is 29.2. The highest BCUT2D eigenvalue weighted by molar-refractivity contribution is 6.26. The summed E-state index contributed by atoms with van der Waals surface area (Å²) in [5.74, 6) is 0. The highest BCUT2D eigenvalue weighted by Crippen LogP contribution is 2.65. The van der Waals surface area contributed by atoms with Crippen LogP contribution in [0.1, 0.15) is 106 Å². The van der Waals surface area contributed by atoms with Crippen LogP contribution in [0.4, 0.5) is 0 Å². The van der Waals surface area contributed by atoms with Crippen LogP contribution >= 0.6 is 0 Å². The minimum atomic E-state index is -0.149. The molecule has 0 radical (unpaired) electrons. The number of hydrogen-bond donors (Lipinski definition) is 0. The third-order valence-corrected chi connectivity index (χ3v) is 17.9. The molecule has 0 N–H and O–H groups in total. The van der Waals surface area contributed by atoms with Gasteiger partial charge in [0.1, 0.15) is 0 Å². The molecule has 61 heavy (non-hydrogen) atoms. The van der Waals surface area contributed by atoms with Crippen molar-refractivity contribution in [1.82, 2.24) is 14.4 Å². The Morgan fingerprint density at radius 2 is 0.770 bits per heavy atom. The van der Waals surface area contributed by atoms with Crippen LogP contribution in [0, 0.1) is 10.8 Å². The summed E-state index contributed by atoms with van der Waals surface area (Å²) in [4.78, 5) is 10.9. The first-order chi connectivity index (χ1) is 28.8. The Morgan fingerprint density at radius 3 is 1.16 bits per heavy atom. The van der Waals surface area contributed by atoms with Gasteiger partial charge in [-0.05, 0) is 102 Å². The highest BCUT2D eigenvalue weighted by Gasteiger charge is 2.60. The number of fused-ring (bicyclic) bond motifs is 10. The summed E-state index contributed by atoms with van der Waals surface area (Å²) in [5.41, 5.74) is 18.0. The zero-order valence-electron chi connectivity index (χ0n) is 38.0. The van der Waals surface area contributed by atoms with Gasteiger partial charge in [-0.1, -0.05) is 174 Å². The molecular weight excluding hydrogens is 739 g/mol. The summed E-state index contributed by atoms with van der Waals surface area (Å²) in [5, 5.41) is 5.27. The first-order valence-electron chi connectivity index (χ1n) is 22.3. The molecule has 304 valence electrons. The molecule has 0 saturated heterocycles. The smallest absolute Gasteiger partial charge is 0.0728 e. The Bertz CT molecular complexity index is 3070. The fourth-order valence-electron chi connectivity index (χ4n) is 12.0. The van der Waals surface area contributed by atoms with Gasteiger partial charge < -0.3 is 4.40 Å². The Balaban J connectivity index is 1.38. The van der Waals surface area contributed by atoms with Crippen molar-refractivity contribution in [3.8, 4) is 44.5 Å². The molecule has 0 atom stereocenters. The van der Waals surface area contributed by atoms with Gasteiger partial charge in [0.2, 0.25) is 0 Å². The van der Waals surface area contributed by atoms with Crippen LogP contribution in [0.15, 0.2) is 128 Å². The van der Waals surface area contributed by atoms with Crippen molar-refractivity contribution < 1.29 is 0 Å². The summed E-state index contributed by atoms with van der Waals surface area (Å²) >= 11 is 0. The van der Waals surface area contributed by atoms with Crippen molar-refractivity contribution in [2.75, 3.05) is 0 Å². The van der Waals surface area contributed by atoms with Gasteiger partial charge in [0.25, 0.3) is 0 Å². The first-order valence-corrected chi connectivity index (χ1v) is 22.3. The monoisotopic (exact) mass is 795 g/mol. The van der Waals surface area contributed by atoms with Crippen LogP contribution in [-0.4, -0.2) is 14.4 Å². The largest absolute Gasteiger partial charge is 0.305 e. The molecule has 5 aromatic carbocycles. The molecule has 0 unspecified atom stereocenters. The highest BCUT2D eigenvalue weighted by atomic mass is 15.0. The minimum Gasteiger partial charge on any atom is -0.305 e. The third kappa shape index (κ3) is 4.55. The molecule has 0 spiro atoms. The average molecular weight is 796 g/mol. The second kappa shape index (κ2) is 12.0. The second-order valence-corrected chi connectivity index (χ2v) is 21.5. The van der Waals surface area contributed by atoms with E-state index in [2.05, 4.69) is 215 Å². The van der Waals surface area contributed by atoms with Gasteiger partial charge in [0.05, 0.1) is 40.3 Å². The molecule has 9 aromatic rings. The van der Waals surface area contributed by atoms with E-state index >= 15 is 0 Å². The molecule has 0 fully saturated rings. The predicted octanol–water partition coefficient (Wildman–Crippen LogP) is 15.5. The molecular formula is C58H57N3. The number of aromatic nitrogens is 3. The lowest BCUT2D eigenvalue weighted by Crippen LogP contribution is -2.42. The van der Waals surface area contributed by atoms with Crippen molar-refractivity contribution in [3.63, 3.8) is 0 Å². The molecule has 4 heterocycles. The van der Waals surface area contributed by atoms with Crippen molar-refractivity contribution >= 4 is 38.1 Å². The van der Waals surface area contributed by atoms with Crippen LogP contribution < -0.4 is 0 Å². The molecule has 11 rings (SSSR count). The van der Waals surface area contributed by atoms with Gasteiger partial charge >= 0.3 is 0 Å². The average Bonchev–Trinajstić information content (AvgIpc) is 3.83. The summed E-state index contributed by atoms with van der Waals surface area (Å²) in [7, 11) is 0. The molecule has 3 nitrogen and oxygen atoms in total. The second-order valence-electron chi connectivity index (χ2n) is 21.5. The fourth-order valence-corrected chi connectivity index (χ4v) is 12.0. The number of pyridine rings is 2. The van der Waals surface area contributed by atoms with Crippen LogP contribution in [0.5, 0.6) is 0 Å². The molecule has 0 amide bonds. The number of hydrogen-bond acceptors (Lipinski definition) is 2. The van der Waals surface area contributed by atoms with Gasteiger partial charge in [0, 0.05) is 32.4 Å². The molecule has 3 heteroatoms. The van der Waals surface area contributed by atoms with Crippen LogP contribution in [0.25, 0.3) is 82.6 Å². The van der Waals surface area contributed by atoms with E-state index in [9.17, 15) is 0 Å². The van der Waals surface area contributed by atoms with Crippen molar-refractivity contribution in [2.24, 2.45) is 10.8 Å². The van der Waals surface area contributed by atoms with Gasteiger partial charge in [-0.15, -0.1) is 0 Å². The van der Waals surface area contributed by atoms with E-state index in [1.165, 1.54) is 105 Å². The van der Waals surface area contributed by atoms with Crippen molar-refractivity contribution in [2.45, 2.75) is 105 Å². The summed E-state index contributed by atoms with van der Waals surface area (Å²) in [6, 6.07) is 42.8. The van der Waals surface area contributed by atoms with Crippen molar-refractivity contribution in [1.29, 1.82) is 0 Å². The lowest BCUT2D eigenvalue weighted by atomic mass is 9.59. The van der Waals surface area contributed by atoms with Gasteiger partial charge in [-0.25, -0.2) is 0 Å². The zero-order chi connectivity index (χ0) is 42.8. The van der Waals surface area contributed by atoms with Gasteiger partial charge in [-0.2, -0.15) is 0 Å². The van der Waals surface area contributed by atoms with E-state index in [1.54, 1.807) is 0 Å². The van der Waals surface area contributed by atoms with Crippen LogP contribution in [0.3, 0.4) is 0 Å². The molecule has 0 aliphatic heterocycles. The SMILES string of the molecule is CC1(C)c2ncc3c(c2C(C)(C)C1(C)C)c1cc(-c2c(-c4ccccc4)cc(-c4ccccc4)cc2-c2ccccc2)cc2c4c5c(ncc4n3c12)C(C)(C)C(C)(C)C5(C)C. The Morgan fingerprint density at radius 1 is 0.393 bits per heavy atom. The first kappa shape index (κ1) is 38.1.